The zero-order valence-electron chi connectivity index (χ0n) is 31.9. The molecule has 0 spiro atoms. The Morgan fingerprint density at radius 1 is 0.411 bits per heavy atom. The lowest BCUT2D eigenvalue weighted by molar-refractivity contribution is 0.670. The molecule has 0 aliphatic rings. The summed E-state index contributed by atoms with van der Waals surface area (Å²) in [6.07, 6.45) is 0. The number of aromatic nitrogens is 4. The first-order valence-corrected chi connectivity index (χ1v) is 19.4. The van der Waals surface area contributed by atoms with Crippen molar-refractivity contribution in [3.05, 3.63) is 169 Å². The Bertz CT molecular complexity index is 3000. The molecule has 0 atom stereocenters. The van der Waals surface area contributed by atoms with Crippen molar-refractivity contribution in [2.24, 2.45) is 0 Å². The first-order chi connectivity index (χ1) is 27.4. The maximum absolute atomic E-state index is 6.97. The molecular formula is C51H40N4O. The van der Waals surface area contributed by atoms with Crippen molar-refractivity contribution in [1.29, 1.82) is 0 Å². The summed E-state index contributed by atoms with van der Waals surface area (Å²) in [4.78, 5) is 15.0. The largest absolute Gasteiger partial charge is 0.455 e. The number of hydrogen-bond acceptors (Lipinski definition) is 4. The second-order valence-corrected chi connectivity index (χ2v) is 15.2. The lowest BCUT2D eigenvalue weighted by Gasteiger charge is -2.22. The Balaban J connectivity index is 1.17. The maximum Gasteiger partial charge on any atom is 0.167 e. The Morgan fingerprint density at radius 2 is 0.911 bits per heavy atom. The van der Waals surface area contributed by atoms with E-state index in [0.29, 0.717) is 29.3 Å². The molecule has 0 amide bonds. The minimum atomic E-state index is 0.377. The Hall–Kier alpha value is -6.85. The third-order valence-corrected chi connectivity index (χ3v) is 11.0. The second-order valence-electron chi connectivity index (χ2n) is 15.2. The van der Waals surface area contributed by atoms with Crippen LogP contribution in [0.4, 0.5) is 0 Å². The van der Waals surface area contributed by atoms with E-state index in [1.807, 2.05) is 66.7 Å². The van der Waals surface area contributed by atoms with Gasteiger partial charge in [-0.15, -0.1) is 0 Å². The van der Waals surface area contributed by atoms with Gasteiger partial charge in [0.2, 0.25) is 0 Å². The summed E-state index contributed by atoms with van der Waals surface area (Å²) in [6, 6.07) is 55.3. The van der Waals surface area contributed by atoms with E-state index in [4.69, 9.17) is 19.4 Å². The van der Waals surface area contributed by atoms with Gasteiger partial charge in [-0.05, 0) is 52.8 Å². The molecule has 0 bridgehead atoms. The molecule has 0 fully saturated rings. The fourth-order valence-electron chi connectivity index (χ4n) is 8.30. The predicted molar refractivity (Wildman–Crippen MR) is 231 cm³/mol. The van der Waals surface area contributed by atoms with E-state index in [0.717, 1.165) is 49.8 Å². The molecule has 7 aromatic carbocycles. The highest BCUT2D eigenvalue weighted by Gasteiger charge is 2.23. The molecule has 3 heterocycles. The molecule has 0 aliphatic heterocycles. The van der Waals surface area contributed by atoms with Gasteiger partial charge in [0.1, 0.15) is 11.2 Å². The molecule has 10 aromatic rings. The van der Waals surface area contributed by atoms with Crippen LogP contribution in [0.25, 0.3) is 94.7 Å². The molecule has 0 radical (unpaired) electrons. The highest BCUT2D eigenvalue weighted by molar-refractivity contribution is 6.15. The molecule has 5 heteroatoms. The van der Waals surface area contributed by atoms with E-state index in [1.165, 1.54) is 38.6 Å². The van der Waals surface area contributed by atoms with E-state index in [9.17, 15) is 0 Å². The van der Waals surface area contributed by atoms with Crippen LogP contribution in [0.5, 0.6) is 0 Å². The van der Waals surface area contributed by atoms with Crippen LogP contribution in [0.2, 0.25) is 0 Å². The molecule has 0 saturated carbocycles. The molecule has 0 unspecified atom stereocenters. The summed E-state index contributed by atoms with van der Waals surface area (Å²) in [5.41, 5.74) is 12.8. The van der Waals surface area contributed by atoms with Gasteiger partial charge in [0.05, 0.1) is 22.3 Å². The number of hydrogen-bond donors (Lipinski definition) is 0. The molecule has 0 aliphatic carbocycles. The van der Waals surface area contributed by atoms with E-state index >= 15 is 0 Å². The summed E-state index contributed by atoms with van der Waals surface area (Å²) in [7, 11) is 0. The molecule has 0 N–H and O–H groups in total. The molecule has 0 saturated heterocycles. The maximum atomic E-state index is 6.97. The van der Waals surface area contributed by atoms with Crippen molar-refractivity contribution >= 4 is 43.7 Å². The van der Waals surface area contributed by atoms with Crippen molar-refractivity contribution in [3.63, 3.8) is 0 Å². The monoisotopic (exact) mass is 724 g/mol. The fourth-order valence-corrected chi connectivity index (χ4v) is 8.30. The van der Waals surface area contributed by atoms with Crippen LogP contribution in [0.3, 0.4) is 0 Å². The summed E-state index contributed by atoms with van der Waals surface area (Å²) < 4.78 is 9.46. The molecule has 56 heavy (non-hydrogen) atoms. The van der Waals surface area contributed by atoms with Crippen LogP contribution in [0, 0.1) is 0 Å². The number of fused-ring (bicyclic) bond motifs is 6. The first-order valence-electron chi connectivity index (χ1n) is 19.4. The van der Waals surface area contributed by atoms with Crippen molar-refractivity contribution in [1.82, 2.24) is 19.5 Å². The highest BCUT2D eigenvalue weighted by Crippen LogP contribution is 2.43. The smallest absolute Gasteiger partial charge is 0.167 e. The molecule has 3 aromatic heterocycles. The van der Waals surface area contributed by atoms with Gasteiger partial charge in [-0.2, -0.15) is 0 Å². The van der Waals surface area contributed by atoms with Crippen LogP contribution >= 0.6 is 0 Å². The van der Waals surface area contributed by atoms with Gasteiger partial charge in [0, 0.05) is 38.2 Å². The van der Waals surface area contributed by atoms with Gasteiger partial charge in [0.15, 0.2) is 17.5 Å². The standard InChI is InChI=1S/C51H40N4O/c1-31(2)36-21-13-22-37(32(3)4)46(36)55-44-27-12-11-20-39(44)43-30-35(28-29-45(43)55)38-23-14-24-40-41-25-15-26-42(48(41)56-47(38)40)51-53-49(33-16-7-5-8-17-33)52-50(54-51)34-18-9-6-10-19-34/h5-32H,1-4H3. The third kappa shape index (κ3) is 5.50. The van der Waals surface area contributed by atoms with Gasteiger partial charge < -0.3 is 8.98 Å². The third-order valence-electron chi connectivity index (χ3n) is 11.0. The van der Waals surface area contributed by atoms with Gasteiger partial charge >= 0.3 is 0 Å². The highest BCUT2D eigenvalue weighted by atomic mass is 16.3. The SMILES string of the molecule is CC(C)c1cccc(C(C)C)c1-n1c2ccccc2c2cc(-c3cccc4c3oc3c(-c5nc(-c6ccccc6)nc(-c6ccccc6)n5)cccc34)ccc21. The van der Waals surface area contributed by atoms with Gasteiger partial charge in [0.25, 0.3) is 0 Å². The number of benzene rings is 7. The second kappa shape index (κ2) is 13.5. The summed E-state index contributed by atoms with van der Waals surface area (Å²) in [5.74, 6) is 2.56. The Labute approximate surface area is 326 Å². The number of para-hydroxylation sites is 4. The van der Waals surface area contributed by atoms with Gasteiger partial charge in [-0.1, -0.05) is 161 Å². The van der Waals surface area contributed by atoms with Crippen LogP contribution < -0.4 is 0 Å². The minimum absolute atomic E-state index is 0.377. The molecule has 270 valence electrons. The zero-order valence-corrected chi connectivity index (χ0v) is 31.9. The first kappa shape index (κ1) is 33.7. The van der Waals surface area contributed by atoms with Crippen LogP contribution in [0.15, 0.2) is 162 Å². The fraction of sp³-hybridized carbons (Fsp3) is 0.118. The average Bonchev–Trinajstić information content (AvgIpc) is 3.79. The van der Waals surface area contributed by atoms with Crippen molar-refractivity contribution in [2.75, 3.05) is 0 Å². The summed E-state index contributed by atoms with van der Waals surface area (Å²) in [6.45, 7) is 9.16. The minimum Gasteiger partial charge on any atom is -0.455 e. The van der Waals surface area contributed by atoms with Crippen LogP contribution in [0.1, 0.15) is 50.7 Å². The van der Waals surface area contributed by atoms with E-state index in [2.05, 4.69) is 123 Å². The number of rotatable bonds is 7. The molecule has 5 nitrogen and oxygen atoms in total. The van der Waals surface area contributed by atoms with E-state index < -0.39 is 0 Å². The van der Waals surface area contributed by atoms with Crippen molar-refractivity contribution in [2.45, 2.75) is 39.5 Å². The predicted octanol–water partition coefficient (Wildman–Crippen LogP) is 13.8. The van der Waals surface area contributed by atoms with Gasteiger partial charge in [-0.3, -0.25) is 0 Å². The van der Waals surface area contributed by atoms with Crippen LogP contribution in [-0.2, 0) is 0 Å². The quantitative estimate of drug-likeness (QED) is 0.164. The van der Waals surface area contributed by atoms with E-state index in [-0.39, 0.29) is 0 Å². The van der Waals surface area contributed by atoms with Gasteiger partial charge in [-0.25, -0.2) is 15.0 Å². The Kier molecular flexibility index (Phi) is 8.10. The number of furan rings is 1. The lowest BCUT2D eigenvalue weighted by Crippen LogP contribution is -2.07. The van der Waals surface area contributed by atoms with E-state index in [1.54, 1.807) is 0 Å². The van der Waals surface area contributed by atoms with Crippen molar-refractivity contribution < 1.29 is 4.42 Å². The molecular weight excluding hydrogens is 685 g/mol. The molecule has 10 rings (SSSR count). The topological polar surface area (TPSA) is 56.7 Å². The normalized spacial score (nSPS) is 11.9. The van der Waals surface area contributed by atoms with Crippen molar-refractivity contribution in [3.8, 4) is 51.0 Å². The summed E-state index contributed by atoms with van der Waals surface area (Å²) in [5, 5.41) is 4.52. The van der Waals surface area contributed by atoms with Crippen LogP contribution in [-0.4, -0.2) is 19.5 Å². The zero-order chi connectivity index (χ0) is 37.9. The lowest BCUT2D eigenvalue weighted by atomic mass is 9.92. The average molecular weight is 725 g/mol. The number of nitrogens with zero attached hydrogens (tertiary/aromatic N) is 4. The Morgan fingerprint density at radius 3 is 1.54 bits per heavy atom. The summed E-state index contributed by atoms with van der Waals surface area (Å²) >= 11 is 0.